The van der Waals surface area contributed by atoms with E-state index in [4.69, 9.17) is 16.3 Å². The van der Waals surface area contributed by atoms with Crippen LogP contribution in [0.15, 0.2) is 12.1 Å². The van der Waals surface area contributed by atoms with Gasteiger partial charge in [-0.1, -0.05) is 11.6 Å². The number of carbonyl (C=O) groups is 1. The Kier molecular flexibility index (Phi) is 4.82. The van der Waals surface area contributed by atoms with Crippen molar-refractivity contribution in [1.29, 1.82) is 0 Å². The molecule has 0 aromatic heterocycles. The van der Waals surface area contributed by atoms with Crippen LogP contribution in [0.2, 0.25) is 5.02 Å². The molecule has 1 aromatic rings. The molecule has 0 unspecified atom stereocenters. The lowest BCUT2D eigenvalue weighted by Crippen LogP contribution is -2.23. The van der Waals surface area contributed by atoms with Gasteiger partial charge in [-0.15, -0.1) is 0 Å². The van der Waals surface area contributed by atoms with E-state index in [1.54, 1.807) is 19.2 Å². The summed E-state index contributed by atoms with van der Waals surface area (Å²) in [6.45, 7) is 7.30. The molecule has 94 valence electrons. The molecule has 0 heterocycles. The number of ketones is 1. The first-order chi connectivity index (χ1) is 8.04. The van der Waals surface area contributed by atoms with E-state index in [-0.39, 0.29) is 5.78 Å². The van der Waals surface area contributed by atoms with Crippen molar-refractivity contribution in [3.8, 4) is 5.75 Å². The molecule has 3 nitrogen and oxygen atoms in total. The van der Waals surface area contributed by atoms with Crippen LogP contribution in [-0.4, -0.2) is 26.0 Å². The Labute approximate surface area is 107 Å². The standard InChI is InChI=1S/C13H18ClNO2/c1-5-15(6-2)13-11(14)7-10(9(3)16)8-12(13)17-4/h7-8H,5-6H2,1-4H3. The predicted octanol–water partition coefficient (Wildman–Crippen LogP) is 3.40. The van der Waals surface area contributed by atoms with E-state index in [0.717, 1.165) is 18.8 Å². The van der Waals surface area contributed by atoms with Crippen LogP contribution in [0.5, 0.6) is 5.75 Å². The average molecular weight is 256 g/mol. The summed E-state index contributed by atoms with van der Waals surface area (Å²) in [5, 5.41) is 0.554. The third kappa shape index (κ3) is 2.91. The smallest absolute Gasteiger partial charge is 0.159 e. The van der Waals surface area contributed by atoms with E-state index in [1.807, 2.05) is 0 Å². The lowest BCUT2D eigenvalue weighted by Gasteiger charge is -2.25. The summed E-state index contributed by atoms with van der Waals surface area (Å²) in [6, 6.07) is 3.43. The number of rotatable bonds is 5. The van der Waals surface area contributed by atoms with E-state index in [0.29, 0.717) is 16.3 Å². The molecule has 0 saturated heterocycles. The van der Waals surface area contributed by atoms with Crippen molar-refractivity contribution in [2.75, 3.05) is 25.1 Å². The number of methoxy groups -OCH3 is 1. The summed E-state index contributed by atoms with van der Waals surface area (Å²) >= 11 is 6.24. The Morgan fingerprint density at radius 1 is 1.35 bits per heavy atom. The van der Waals surface area contributed by atoms with Crippen molar-refractivity contribution in [1.82, 2.24) is 0 Å². The number of halogens is 1. The number of Topliss-reactive ketones (excluding diaryl/α,β-unsaturated/α-hetero) is 1. The van der Waals surface area contributed by atoms with Crippen molar-refractivity contribution < 1.29 is 9.53 Å². The van der Waals surface area contributed by atoms with Gasteiger partial charge >= 0.3 is 0 Å². The third-order valence-electron chi connectivity index (χ3n) is 2.73. The molecule has 0 atom stereocenters. The van der Waals surface area contributed by atoms with Gasteiger partial charge < -0.3 is 9.64 Å². The van der Waals surface area contributed by atoms with Gasteiger partial charge in [0.05, 0.1) is 17.8 Å². The van der Waals surface area contributed by atoms with Crippen molar-refractivity contribution in [3.05, 3.63) is 22.7 Å². The van der Waals surface area contributed by atoms with Crippen LogP contribution >= 0.6 is 11.6 Å². The summed E-state index contributed by atoms with van der Waals surface area (Å²) in [7, 11) is 1.59. The molecule has 0 N–H and O–H groups in total. The number of anilines is 1. The molecule has 0 amide bonds. The van der Waals surface area contributed by atoms with Crippen molar-refractivity contribution in [2.24, 2.45) is 0 Å². The first kappa shape index (κ1) is 13.8. The van der Waals surface area contributed by atoms with Gasteiger partial charge in [0.15, 0.2) is 5.78 Å². The van der Waals surface area contributed by atoms with Gasteiger partial charge in [-0.05, 0) is 32.9 Å². The van der Waals surface area contributed by atoms with E-state index in [9.17, 15) is 4.79 Å². The lowest BCUT2D eigenvalue weighted by molar-refractivity contribution is 0.101. The Hall–Kier alpha value is -1.22. The number of benzene rings is 1. The molecular weight excluding hydrogens is 238 g/mol. The zero-order valence-corrected chi connectivity index (χ0v) is 11.5. The quantitative estimate of drug-likeness (QED) is 0.756. The molecule has 0 radical (unpaired) electrons. The first-order valence-electron chi connectivity index (χ1n) is 5.68. The van der Waals surface area contributed by atoms with Crippen LogP contribution < -0.4 is 9.64 Å². The second-order valence-corrected chi connectivity index (χ2v) is 4.14. The molecule has 0 fully saturated rings. The zero-order chi connectivity index (χ0) is 13.0. The highest BCUT2D eigenvalue weighted by Gasteiger charge is 2.16. The predicted molar refractivity (Wildman–Crippen MR) is 71.6 cm³/mol. The van der Waals surface area contributed by atoms with Crippen LogP contribution in [0.25, 0.3) is 0 Å². The summed E-state index contributed by atoms with van der Waals surface area (Å²) < 4.78 is 5.32. The number of hydrogen-bond donors (Lipinski definition) is 0. The SMILES string of the molecule is CCN(CC)c1c(Cl)cc(C(C)=O)cc1OC. The minimum Gasteiger partial charge on any atom is -0.495 e. The average Bonchev–Trinajstić information content (AvgIpc) is 2.31. The molecule has 1 aromatic carbocycles. The van der Waals surface area contributed by atoms with Gasteiger partial charge in [-0.3, -0.25) is 4.79 Å². The van der Waals surface area contributed by atoms with Gasteiger partial charge in [0.25, 0.3) is 0 Å². The molecule has 1 rings (SSSR count). The molecular formula is C13H18ClNO2. The topological polar surface area (TPSA) is 29.5 Å². The Bertz CT molecular complexity index is 414. The molecule has 0 aliphatic rings. The second-order valence-electron chi connectivity index (χ2n) is 3.74. The molecule has 17 heavy (non-hydrogen) atoms. The zero-order valence-electron chi connectivity index (χ0n) is 10.7. The highest BCUT2D eigenvalue weighted by Crippen LogP contribution is 2.37. The second kappa shape index (κ2) is 5.92. The molecule has 0 spiro atoms. The highest BCUT2D eigenvalue weighted by molar-refractivity contribution is 6.34. The maximum absolute atomic E-state index is 11.4. The molecule has 0 aliphatic heterocycles. The fourth-order valence-corrected chi connectivity index (χ4v) is 2.11. The molecule has 0 bridgehead atoms. The Morgan fingerprint density at radius 3 is 2.35 bits per heavy atom. The van der Waals surface area contributed by atoms with Crippen LogP contribution in [0.4, 0.5) is 5.69 Å². The van der Waals surface area contributed by atoms with E-state index >= 15 is 0 Å². The van der Waals surface area contributed by atoms with Crippen molar-refractivity contribution in [2.45, 2.75) is 20.8 Å². The minimum absolute atomic E-state index is 0.0173. The van der Waals surface area contributed by atoms with Gasteiger partial charge in [0.2, 0.25) is 0 Å². The largest absolute Gasteiger partial charge is 0.495 e. The van der Waals surface area contributed by atoms with E-state index < -0.39 is 0 Å². The summed E-state index contributed by atoms with van der Waals surface area (Å²) in [5.74, 6) is 0.627. The highest BCUT2D eigenvalue weighted by atomic mass is 35.5. The summed E-state index contributed by atoms with van der Waals surface area (Å²) in [4.78, 5) is 13.5. The fraction of sp³-hybridized carbons (Fsp3) is 0.462. The number of ether oxygens (including phenoxy) is 1. The fourth-order valence-electron chi connectivity index (χ4n) is 1.78. The van der Waals surface area contributed by atoms with Crippen LogP contribution in [0.3, 0.4) is 0 Å². The maximum atomic E-state index is 11.4. The maximum Gasteiger partial charge on any atom is 0.159 e. The first-order valence-corrected chi connectivity index (χ1v) is 6.06. The van der Waals surface area contributed by atoms with E-state index in [2.05, 4.69) is 18.7 Å². The van der Waals surface area contributed by atoms with Crippen LogP contribution in [-0.2, 0) is 0 Å². The Balaban J connectivity index is 3.34. The van der Waals surface area contributed by atoms with Gasteiger partial charge in [0.1, 0.15) is 5.75 Å². The van der Waals surface area contributed by atoms with Crippen molar-refractivity contribution >= 4 is 23.1 Å². The van der Waals surface area contributed by atoms with Crippen LogP contribution in [0.1, 0.15) is 31.1 Å². The summed E-state index contributed by atoms with van der Waals surface area (Å²) in [6.07, 6.45) is 0. The number of nitrogens with zero attached hydrogens (tertiary/aromatic N) is 1. The third-order valence-corrected chi connectivity index (χ3v) is 3.02. The van der Waals surface area contributed by atoms with E-state index in [1.165, 1.54) is 6.92 Å². The van der Waals surface area contributed by atoms with Gasteiger partial charge in [-0.2, -0.15) is 0 Å². The minimum atomic E-state index is -0.0173. The van der Waals surface area contributed by atoms with Crippen LogP contribution in [0, 0.1) is 0 Å². The molecule has 0 saturated carbocycles. The Morgan fingerprint density at radius 2 is 1.94 bits per heavy atom. The lowest BCUT2D eigenvalue weighted by atomic mass is 10.1. The summed E-state index contributed by atoms with van der Waals surface area (Å²) in [5.41, 5.74) is 1.42. The normalized spacial score (nSPS) is 10.2. The van der Waals surface area contributed by atoms with Gasteiger partial charge in [-0.25, -0.2) is 0 Å². The number of hydrogen-bond acceptors (Lipinski definition) is 3. The molecule has 0 aliphatic carbocycles. The van der Waals surface area contributed by atoms with Gasteiger partial charge in [0, 0.05) is 18.7 Å². The monoisotopic (exact) mass is 255 g/mol. The number of carbonyl (C=O) groups excluding carboxylic acids is 1. The molecule has 4 heteroatoms. The van der Waals surface area contributed by atoms with Crippen molar-refractivity contribution in [3.63, 3.8) is 0 Å².